The Morgan fingerprint density at radius 1 is 1.13 bits per heavy atom. The van der Waals surface area contributed by atoms with Gasteiger partial charge in [0.2, 0.25) is 15.9 Å². The van der Waals surface area contributed by atoms with E-state index in [1.165, 1.54) is 11.1 Å². The highest BCUT2D eigenvalue weighted by molar-refractivity contribution is 7.89. The van der Waals surface area contributed by atoms with Crippen LogP contribution in [0.15, 0.2) is 53.4 Å². The van der Waals surface area contributed by atoms with Crippen molar-refractivity contribution in [3.63, 3.8) is 0 Å². The van der Waals surface area contributed by atoms with Gasteiger partial charge in [-0.1, -0.05) is 48.4 Å². The van der Waals surface area contributed by atoms with Gasteiger partial charge < -0.3 is 11.1 Å². The van der Waals surface area contributed by atoms with E-state index < -0.39 is 16.1 Å². The van der Waals surface area contributed by atoms with E-state index in [1.807, 2.05) is 19.1 Å². The molecule has 1 amide bonds. The molecule has 1 aliphatic carbocycles. The van der Waals surface area contributed by atoms with Crippen molar-refractivity contribution in [2.45, 2.75) is 62.4 Å². The second kappa shape index (κ2) is 10.2. The van der Waals surface area contributed by atoms with Gasteiger partial charge >= 0.3 is 0 Å². The molecule has 3 rings (SSSR count). The topological polar surface area (TPSA) is 101 Å². The smallest absolute Gasteiger partial charge is 0.240 e. The van der Waals surface area contributed by atoms with Gasteiger partial charge in [-0.3, -0.25) is 4.79 Å². The highest BCUT2D eigenvalue weighted by Gasteiger charge is 2.23. The summed E-state index contributed by atoms with van der Waals surface area (Å²) in [5.41, 5.74) is 9.57. The van der Waals surface area contributed by atoms with Crippen LogP contribution in [0.1, 0.15) is 54.8 Å². The predicted octanol–water partition coefficient (Wildman–Crippen LogP) is 2.96. The number of hydrogen-bond donors (Lipinski definition) is 3. The van der Waals surface area contributed by atoms with Gasteiger partial charge in [0.05, 0.1) is 17.0 Å². The second-order valence-corrected chi connectivity index (χ2v) is 9.73. The van der Waals surface area contributed by atoms with Gasteiger partial charge in [-0.2, -0.15) is 0 Å². The van der Waals surface area contributed by atoms with Gasteiger partial charge in [-0.15, -0.1) is 0 Å². The summed E-state index contributed by atoms with van der Waals surface area (Å²) >= 11 is 0. The number of aryl methyl sites for hydroxylation is 2. The molecule has 1 aliphatic rings. The van der Waals surface area contributed by atoms with Crippen LogP contribution >= 0.6 is 0 Å². The first-order chi connectivity index (χ1) is 14.4. The molecule has 0 saturated heterocycles. The molecule has 2 aromatic rings. The number of benzene rings is 2. The number of amides is 1. The highest BCUT2D eigenvalue weighted by atomic mass is 32.2. The average Bonchev–Trinajstić information content (AvgIpc) is 2.74. The number of rotatable bonds is 9. The molecule has 6 nitrogen and oxygen atoms in total. The molecule has 0 fully saturated rings. The van der Waals surface area contributed by atoms with Gasteiger partial charge in [0.15, 0.2) is 0 Å². The van der Waals surface area contributed by atoms with Crippen LogP contribution in [0.3, 0.4) is 0 Å². The van der Waals surface area contributed by atoms with Crippen molar-refractivity contribution in [2.75, 3.05) is 6.54 Å². The van der Waals surface area contributed by atoms with E-state index in [0.717, 1.165) is 24.8 Å². The second-order valence-electron chi connectivity index (χ2n) is 7.97. The van der Waals surface area contributed by atoms with E-state index in [0.29, 0.717) is 25.8 Å². The fraction of sp³-hybridized carbons (Fsp3) is 0.435. The van der Waals surface area contributed by atoms with Crippen LogP contribution in [0.4, 0.5) is 0 Å². The third-order valence-corrected chi connectivity index (χ3v) is 7.06. The van der Waals surface area contributed by atoms with Crippen LogP contribution in [0.5, 0.6) is 0 Å². The predicted molar refractivity (Wildman–Crippen MR) is 118 cm³/mol. The van der Waals surface area contributed by atoms with Crippen LogP contribution in [-0.4, -0.2) is 26.9 Å². The molecular weight excluding hydrogens is 398 g/mol. The number of nitrogens with two attached hydrogens (primary N) is 1. The largest absolute Gasteiger partial charge is 0.348 e. The summed E-state index contributed by atoms with van der Waals surface area (Å²) in [6.07, 6.45) is 4.85. The van der Waals surface area contributed by atoms with Crippen LogP contribution in [0, 0.1) is 6.92 Å². The number of nitrogens with one attached hydrogen (secondary N) is 2. The summed E-state index contributed by atoms with van der Waals surface area (Å²) in [6, 6.07) is 14.4. The van der Waals surface area contributed by atoms with Crippen LogP contribution < -0.4 is 15.8 Å². The Morgan fingerprint density at radius 2 is 1.87 bits per heavy atom. The Bertz CT molecular complexity index is 958. The average molecular weight is 430 g/mol. The monoisotopic (exact) mass is 429 g/mol. The van der Waals surface area contributed by atoms with Crippen molar-refractivity contribution in [3.05, 3.63) is 65.2 Å². The molecule has 162 valence electrons. The molecule has 0 saturated carbocycles. The summed E-state index contributed by atoms with van der Waals surface area (Å²) in [5, 5.41) is 3.09. The zero-order valence-electron chi connectivity index (χ0n) is 17.4. The zero-order valence-corrected chi connectivity index (χ0v) is 18.3. The maximum absolute atomic E-state index is 12.5. The third kappa shape index (κ3) is 5.90. The maximum Gasteiger partial charge on any atom is 0.240 e. The summed E-state index contributed by atoms with van der Waals surface area (Å²) in [7, 11) is -3.50. The molecule has 0 heterocycles. The van der Waals surface area contributed by atoms with E-state index >= 15 is 0 Å². The van der Waals surface area contributed by atoms with E-state index in [-0.39, 0.29) is 16.8 Å². The van der Waals surface area contributed by atoms with Gasteiger partial charge in [0, 0.05) is 6.54 Å². The fourth-order valence-corrected chi connectivity index (χ4v) is 4.88. The molecule has 0 spiro atoms. The maximum atomic E-state index is 12.5. The minimum absolute atomic E-state index is 0.0230. The Balaban J connectivity index is 1.40. The molecule has 0 aromatic heterocycles. The third-order valence-electron chi connectivity index (χ3n) is 5.59. The molecule has 2 unspecified atom stereocenters. The molecule has 0 aliphatic heterocycles. The molecule has 0 radical (unpaired) electrons. The number of carbonyl (C=O) groups excluding carboxylic acids is 1. The first-order valence-electron chi connectivity index (χ1n) is 10.6. The van der Waals surface area contributed by atoms with Crippen molar-refractivity contribution in [2.24, 2.45) is 5.73 Å². The molecule has 7 heteroatoms. The highest BCUT2D eigenvalue weighted by Crippen LogP contribution is 2.29. The number of unbranched alkanes of at least 4 members (excludes halogenated alkanes) is 1. The summed E-state index contributed by atoms with van der Waals surface area (Å²) in [6.45, 7) is 2.23. The van der Waals surface area contributed by atoms with Crippen molar-refractivity contribution < 1.29 is 13.2 Å². The van der Waals surface area contributed by atoms with Crippen LogP contribution in [-0.2, 0) is 21.2 Å². The Morgan fingerprint density at radius 3 is 2.63 bits per heavy atom. The first-order valence-corrected chi connectivity index (χ1v) is 12.1. The lowest BCUT2D eigenvalue weighted by atomic mass is 9.87. The Hall–Kier alpha value is -2.22. The van der Waals surface area contributed by atoms with Gasteiger partial charge in [-0.05, 0) is 62.3 Å². The molecular formula is C23H31N3O3S. The molecule has 2 aromatic carbocycles. The SMILES string of the molecule is Cc1ccc(S(=O)(=O)NCCCCC(N)C(=O)NC2CCCc3ccccc32)cc1. The Labute approximate surface area is 179 Å². The lowest BCUT2D eigenvalue weighted by Gasteiger charge is -2.27. The summed E-state index contributed by atoms with van der Waals surface area (Å²) in [5.74, 6) is -0.142. The molecule has 30 heavy (non-hydrogen) atoms. The summed E-state index contributed by atoms with van der Waals surface area (Å²) in [4.78, 5) is 12.8. The van der Waals surface area contributed by atoms with Gasteiger partial charge in [-0.25, -0.2) is 13.1 Å². The van der Waals surface area contributed by atoms with Crippen LogP contribution in [0.25, 0.3) is 0 Å². The number of fused-ring (bicyclic) bond motifs is 1. The minimum atomic E-state index is -3.50. The van der Waals surface area contributed by atoms with Crippen molar-refractivity contribution in [1.82, 2.24) is 10.0 Å². The molecule has 4 N–H and O–H groups in total. The van der Waals surface area contributed by atoms with Crippen LogP contribution in [0.2, 0.25) is 0 Å². The normalized spacial score (nSPS) is 17.2. The quantitative estimate of drug-likeness (QED) is 0.534. The Kier molecular flexibility index (Phi) is 7.64. The first kappa shape index (κ1) is 22.5. The van der Waals surface area contributed by atoms with Gasteiger partial charge in [0.25, 0.3) is 0 Å². The number of carbonyl (C=O) groups is 1. The van der Waals surface area contributed by atoms with E-state index in [2.05, 4.69) is 22.2 Å². The van der Waals surface area contributed by atoms with E-state index in [4.69, 9.17) is 5.73 Å². The lowest BCUT2D eigenvalue weighted by Crippen LogP contribution is -2.43. The molecule has 0 bridgehead atoms. The van der Waals surface area contributed by atoms with Crippen molar-refractivity contribution in [1.29, 1.82) is 0 Å². The molecule has 2 atom stereocenters. The van der Waals surface area contributed by atoms with Crippen molar-refractivity contribution in [3.8, 4) is 0 Å². The summed E-state index contributed by atoms with van der Waals surface area (Å²) < 4.78 is 27.1. The zero-order chi connectivity index (χ0) is 21.6. The van der Waals surface area contributed by atoms with E-state index in [1.54, 1.807) is 24.3 Å². The van der Waals surface area contributed by atoms with E-state index in [9.17, 15) is 13.2 Å². The number of hydrogen-bond acceptors (Lipinski definition) is 4. The number of sulfonamides is 1. The fourth-order valence-electron chi connectivity index (χ4n) is 3.81. The standard InChI is InChI=1S/C23H31N3O3S/c1-17-12-14-19(15-13-17)30(28,29)25-16-5-4-10-21(24)23(27)26-22-11-6-8-18-7-2-3-9-20(18)22/h2-3,7,9,12-15,21-22,25H,4-6,8,10-11,16,24H2,1H3,(H,26,27). The van der Waals surface area contributed by atoms with Gasteiger partial charge in [0.1, 0.15) is 0 Å². The lowest BCUT2D eigenvalue weighted by molar-refractivity contribution is -0.123. The van der Waals surface area contributed by atoms with Crippen molar-refractivity contribution >= 4 is 15.9 Å². The minimum Gasteiger partial charge on any atom is -0.348 e.